The van der Waals surface area contributed by atoms with Gasteiger partial charge in [-0.15, -0.1) is 0 Å². The number of amides is 1. The molecule has 0 atom stereocenters. The van der Waals surface area contributed by atoms with Crippen LogP contribution < -0.4 is 11.0 Å². The molecule has 0 saturated carbocycles. The molecule has 1 aromatic heterocycles. The number of aromatic nitrogens is 1. The number of benzene rings is 2. The van der Waals surface area contributed by atoms with Gasteiger partial charge in [0.15, 0.2) is 0 Å². The molecule has 0 bridgehead atoms. The van der Waals surface area contributed by atoms with Crippen LogP contribution in [0.15, 0.2) is 59.5 Å². The Kier molecular flexibility index (Phi) is 5.89. The summed E-state index contributed by atoms with van der Waals surface area (Å²) >= 11 is 0. The minimum Gasteiger partial charge on any atom is -0.465 e. The number of pyridine rings is 1. The quantitative estimate of drug-likeness (QED) is 0.666. The predicted octanol–water partition coefficient (Wildman–Crippen LogP) is 3.51. The van der Waals surface area contributed by atoms with Crippen LogP contribution in [0.1, 0.15) is 46.0 Å². The third kappa shape index (κ3) is 3.96. The Balaban J connectivity index is 1.93. The maximum Gasteiger partial charge on any atom is 0.340 e. The Hall–Kier alpha value is -3.41. The second-order valence-electron chi connectivity index (χ2n) is 6.50. The van der Waals surface area contributed by atoms with Crippen molar-refractivity contribution in [3.63, 3.8) is 0 Å². The van der Waals surface area contributed by atoms with Gasteiger partial charge in [-0.3, -0.25) is 15.0 Å². The van der Waals surface area contributed by atoms with Gasteiger partial charge in [-0.05, 0) is 36.6 Å². The zero-order valence-corrected chi connectivity index (χ0v) is 15.9. The number of hydrogen-bond acceptors (Lipinski definition) is 4. The van der Waals surface area contributed by atoms with Crippen LogP contribution in [-0.2, 0) is 11.2 Å². The standard InChI is InChI=1S/C22H22N2O4/c1-3-4-7-15-10-12-16(13-11-15)20(25)23-24-14-19(22(27)28-2)17-8-5-6-9-18(17)21(24)26/h5-6,8-14H,3-4,7H2,1-2H3,(H,23,25). The van der Waals surface area contributed by atoms with E-state index in [2.05, 4.69) is 12.3 Å². The van der Waals surface area contributed by atoms with Gasteiger partial charge >= 0.3 is 5.97 Å². The lowest BCUT2D eigenvalue weighted by Crippen LogP contribution is -2.33. The molecule has 28 heavy (non-hydrogen) atoms. The van der Waals surface area contributed by atoms with Gasteiger partial charge in [0.2, 0.25) is 0 Å². The zero-order chi connectivity index (χ0) is 20.1. The zero-order valence-electron chi connectivity index (χ0n) is 15.9. The van der Waals surface area contributed by atoms with E-state index in [1.54, 1.807) is 36.4 Å². The molecule has 6 nitrogen and oxygen atoms in total. The highest BCUT2D eigenvalue weighted by Crippen LogP contribution is 2.16. The normalized spacial score (nSPS) is 10.6. The molecule has 3 aromatic rings. The van der Waals surface area contributed by atoms with E-state index in [0.29, 0.717) is 16.3 Å². The molecule has 2 aromatic carbocycles. The number of nitrogens with one attached hydrogen (secondary N) is 1. The summed E-state index contributed by atoms with van der Waals surface area (Å²) < 4.78 is 5.84. The Labute approximate surface area is 162 Å². The second-order valence-corrected chi connectivity index (χ2v) is 6.50. The maximum absolute atomic E-state index is 12.7. The average molecular weight is 378 g/mol. The summed E-state index contributed by atoms with van der Waals surface area (Å²) in [5.41, 5.74) is 3.93. The molecule has 0 aliphatic carbocycles. The maximum atomic E-state index is 12.7. The van der Waals surface area contributed by atoms with Crippen LogP contribution in [0.25, 0.3) is 10.8 Å². The van der Waals surface area contributed by atoms with Crippen LogP contribution in [0.3, 0.4) is 0 Å². The molecular weight excluding hydrogens is 356 g/mol. The van der Waals surface area contributed by atoms with Gasteiger partial charge in [-0.1, -0.05) is 43.7 Å². The largest absolute Gasteiger partial charge is 0.465 e. The van der Waals surface area contributed by atoms with Crippen molar-refractivity contribution in [2.24, 2.45) is 0 Å². The fraction of sp³-hybridized carbons (Fsp3) is 0.227. The SMILES string of the molecule is CCCCc1ccc(C(=O)Nn2cc(C(=O)OC)c3ccccc3c2=O)cc1. The summed E-state index contributed by atoms with van der Waals surface area (Å²) in [6.07, 6.45) is 4.46. The molecule has 0 aliphatic rings. The average Bonchev–Trinajstić information content (AvgIpc) is 2.74. The van der Waals surface area contributed by atoms with Gasteiger partial charge < -0.3 is 4.74 Å². The fourth-order valence-electron chi connectivity index (χ4n) is 3.02. The lowest BCUT2D eigenvalue weighted by Gasteiger charge is -2.12. The second kappa shape index (κ2) is 8.52. The fourth-order valence-corrected chi connectivity index (χ4v) is 3.02. The summed E-state index contributed by atoms with van der Waals surface area (Å²) in [7, 11) is 1.27. The number of carbonyl (C=O) groups is 2. The predicted molar refractivity (Wildman–Crippen MR) is 108 cm³/mol. The number of esters is 1. The molecule has 0 saturated heterocycles. The highest BCUT2D eigenvalue weighted by Gasteiger charge is 2.16. The van der Waals surface area contributed by atoms with Gasteiger partial charge in [0.1, 0.15) is 0 Å². The van der Waals surface area contributed by atoms with Crippen LogP contribution in [0, 0.1) is 0 Å². The van der Waals surface area contributed by atoms with Crippen molar-refractivity contribution in [1.29, 1.82) is 0 Å². The lowest BCUT2D eigenvalue weighted by molar-refractivity contribution is 0.0601. The number of aryl methyl sites for hydroxylation is 1. The monoisotopic (exact) mass is 378 g/mol. The molecule has 6 heteroatoms. The summed E-state index contributed by atoms with van der Waals surface area (Å²) in [5.74, 6) is -1.02. The van der Waals surface area contributed by atoms with E-state index in [1.807, 2.05) is 12.1 Å². The molecule has 0 fully saturated rings. The molecule has 0 aliphatic heterocycles. The number of nitrogens with zero attached hydrogens (tertiary/aromatic N) is 1. The molecular formula is C22H22N2O4. The summed E-state index contributed by atoms with van der Waals surface area (Å²) in [6, 6.07) is 14.0. The number of hydrogen-bond donors (Lipinski definition) is 1. The van der Waals surface area contributed by atoms with E-state index in [4.69, 9.17) is 4.74 Å². The number of unbranched alkanes of at least 4 members (excludes halogenated alkanes) is 1. The molecule has 1 heterocycles. The molecule has 1 N–H and O–H groups in total. The minimum absolute atomic E-state index is 0.202. The Morgan fingerprint density at radius 3 is 2.36 bits per heavy atom. The lowest BCUT2D eigenvalue weighted by atomic mass is 10.1. The van der Waals surface area contributed by atoms with Crippen LogP contribution in [0.5, 0.6) is 0 Å². The van der Waals surface area contributed by atoms with E-state index >= 15 is 0 Å². The summed E-state index contributed by atoms with van der Waals surface area (Å²) in [4.78, 5) is 37.4. The van der Waals surface area contributed by atoms with Crippen LogP contribution in [-0.4, -0.2) is 23.7 Å². The first-order chi connectivity index (χ1) is 13.5. The molecule has 0 radical (unpaired) electrons. The first-order valence-corrected chi connectivity index (χ1v) is 9.18. The van der Waals surface area contributed by atoms with Gasteiger partial charge in [-0.25, -0.2) is 9.47 Å². The smallest absolute Gasteiger partial charge is 0.340 e. The first-order valence-electron chi connectivity index (χ1n) is 9.18. The van der Waals surface area contributed by atoms with Crippen molar-refractivity contribution >= 4 is 22.6 Å². The Bertz CT molecular complexity index is 1070. The van der Waals surface area contributed by atoms with Gasteiger partial charge in [0.05, 0.1) is 12.7 Å². The van der Waals surface area contributed by atoms with E-state index in [1.165, 1.54) is 13.3 Å². The number of fused-ring (bicyclic) bond motifs is 1. The van der Waals surface area contributed by atoms with Crippen molar-refractivity contribution in [1.82, 2.24) is 4.68 Å². The highest BCUT2D eigenvalue weighted by molar-refractivity contribution is 6.04. The van der Waals surface area contributed by atoms with Gasteiger partial charge in [0.25, 0.3) is 11.5 Å². The highest BCUT2D eigenvalue weighted by atomic mass is 16.5. The van der Waals surface area contributed by atoms with Crippen LogP contribution in [0.4, 0.5) is 0 Å². The number of methoxy groups -OCH3 is 1. The summed E-state index contributed by atoms with van der Waals surface area (Å²) in [5, 5.41) is 0.797. The third-order valence-electron chi connectivity index (χ3n) is 4.59. The van der Waals surface area contributed by atoms with Crippen molar-refractivity contribution in [2.45, 2.75) is 26.2 Å². The Morgan fingerprint density at radius 2 is 1.71 bits per heavy atom. The molecule has 0 spiro atoms. The summed E-state index contributed by atoms with van der Waals surface area (Å²) in [6.45, 7) is 2.13. The van der Waals surface area contributed by atoms with E-state index in [0.717, 1.165) is 29.5 Å². The van der Waals surface area contributed by atoms with Crippen molar-refractivity contribution in [3.8, 4) is 0 Å². The Morgan fingerprint density at radius 1 is 1.04 bits per heavy atom. The minimum atomic E-state index is -0.584. The number of carbonyl (C=O) groups excluding carboxylic acids is 2. The van der Waals surface area contributed by atoms with Gasteiger partial charge in [0, 0.05) is 22.5 Å². The molecule has 1 amide bonds. The van der Waals surface area contributed by atoms with E-state index in [9.17, 15) is 14.4 Å². The van der Waals surface area contributed by atoms with E-state index in [-0.39, 0.29) is 5.56 Å². The molecule has 144 valence electrons. The van der Waals surface area contributed by atoms with Gasteiger partial charge in [-0.2, -0.15) is 0 Å². The number of rotatable bonds is 6. The third-order valence-corrected chi connectivity index (χ3v) is 4.59. The molecule has 0 unspecified atom stereocenters. The molecule has 3 rings (SSSR count). The van der Waals surface area contributed by atoms with Crippen molar-refractivity contribution in [2.75, 3.05) is 12.5 Å². The van der Waals surface area contributed by atoms with Crippen molar-refractivity contribution in [3.05, 3.63) is 81.8 Å². The van der Waals surface area contributed by atoms with Crippen LogP contribution >= 0.6 is 0 Å². The van der Waals surface area contributed by atoms with E-state index < -0.39 is 17.4 Å². The first kappa shape index (κ1) is 19.4. The topological polar surface area (TPSA) is 77.4 Å². The number of ether oxygens (including phenoxy) is 1. The van der Waals surface area contributed by atoms with Crippen LogP contribution in [0.2, 0.25) is 0 Å². The van der Waals surface area contributed by atoms with Crippen molar-refractivity contribution < 1.29 is 14.3 Å².